The number of halogens is 1. The second-order valence-electron chi connectivity index (χ2n) is 8.36. The molecule has 7 heteroatoms. The Labute approximate surface area is 192 Å². The molecule has 4 aromatic rings. The highest BCUT2D eigenvalue weighted by Crippen LogP contribution is 2.23. The SMILES string of the molecule is Cc1ccc(CN(Cc2cc3cc(C)c(C)cc3[nH]c2=O)S(=O)(=O)c2ccc(F)cc2)cc1. The highest BCUT2D eigenvalue weighted by Gasteiger charge is 2.26. The lowest BCUT2D eigenvalue weighted by atomic mass is 10.0. The molecule has 170 valence electrons. The molecule has 0 unspecified atom stereocenters. The smallest absolute Gasteiger partial charge is 0.252 e. The molecule has 0 saturated heterocycles. The molecule has 0 aliphatic heterocycles. The summed E-state index contributed by atoms with van der Waals surface area (Å²) in [6.45, 7) is 5.87. The van der Waals surface area contributed by atoms with Gasteiger partial charge in [-0.2, -0.15) is 4.31 Å². The summed E-state index contributed by atoms with van der Waals surface area (Å²) < 4.78 is 41.6. The highest BCUT2D eigenvalue weighted by atomic mass is 32.2. The van der Waals surface area contributed by atoms with Gasteiger partial charge in [-0.3, -0.25) is 4.79 Å². The van der Waals surface area contributed by atoms with E-state index in [9.17, 15) is 17.6 Å². The van der Waals surface area contributed by atoms with Crippen molar-refractivity contribution in [1.29, 1.82) is 0 Å². The molecule has 0 aliphatic rings. The first-order valence-electron chi connectivity index (χ1n) is 10.6. The highest BCUT2D eigenvalue weighted by molar-refractivity contribution is 7.89. The molecule has 1 heterocycles. The van der Waals surface area contributed by atoms with Gasteiger partial charge in [0.05, 0.1) is 4.90 Å². The lowest BCUT2D eigenvalue weighted by Crippen LogP contribution is -2.32. The topological polar surface area (TPSA) is 70.2 Å². The maximum absolute atomic E-state index is 13.5. The molecule has 3 aromatic carbocycles. The van der Waals surface area contributed by atoms with E-state index in [4.69, 9.17) is 0 Å². The Bertz CT molecular complexity index is 1480. The zero-order valence-electron chi connectivity index (χ0n) is 18.7. The molecule has 1 N–H and O–H groups in total. The van der Waals surface area contributed by atoms with Gasteiger partial charge >= 0.3 is 0 Å². The quantitative estimate of drug-likeness (QED) is 0.437. The fourth-order valence-corrected chi connectivity index (χ4v) is 5.11. The molecule has 5 nitrogen and oxygen atoms in total. The minimum absolute atomic E-state index is 0.0281. The van der Waals surface area contributed by atoms with Crippen LogP contribution >= 0.6 is 0 Å². The number of benzene rings is 3. The maximum Gasteiger partial charge on any atom is 0.252 e. The van der Waals surface area contributed by atoms with E-state index < -0.39 is 15.8 Å². The summed E-state index contributed by atoms with van der Waals surface area (Å²) in [6.07, 6.45) is 0. The fourth-order valence-electron chi connectivity index (χ4n) is 3.71. The van der Waals surface area contributed by atoms with E-state index in [1.165, 1.54) is 16.4 Å². The van der Waals surface area contributed by atoms with Gasteiger partial charge in [0, 0.05) is 24.2 Å². The molecule has 4 rings (SSSR count). The predicted octanol–water partition coefficient (Wildman–Crippen LogP) is 4.98. The van der Waals surface area contributed by atoms with E-state index in [0.29, 0.717) is 11.1 Å². The van der Waals surface area contributed by atoms with Crippen LogP contribution in [0.4, 0.5) is 4.39 Å². The molecule has 0 amide bonds. The summed E-state index contributed by atoms with van der Waals surface area (Å²) >= 11 is 0. The monoisotopic (exact) mass is 464 g/mol. The number of aromatic nitrogens is 1. The van der Waals surface area contributed by atoms with Crippen molar-refractivity contribution in [1.82, 2.24) is 9.29 Å². The lowest BCUT2D eigenvalue weighted by molar-refractivity contribution is 0.399. The van der Waals surface area contributed by atoms with Crippen molar-refractivity contribution in [2.75, 3.05) is 0 Å². The number of nitrogens with one attached hydrogen (secondary N) is 1. The van der Waals surface area contributed by atoms with Crippen molar-refractivity contribution >= 4 is 20.9 Å². The molecular formula is C26H25FN2O3S. The van der Waals surface area contributed by atoms with Gasteiger partial charge in [-0.25, -0.2) is 12.8 Å². The van der Waals surface area contributed by atoms with Gasteiger partial charge in [0.1, 0.15) is 5.82 Å². The normalized spacial score (nSPS) is 11.9. The third-order valence-corrected chi connectivity index (χ3v) is 7.62. The lowest BCUT2D eigenvalue weighted by Gasteiger charge is -2.22. The van der Waals surface area contributed by atoms with Crippen molar-refractivity contribution in [3.63, 3.8) is 0 Å². The summed E-state index contributed by atoms with van der Waals surface area (Å²) in [6, 6.07) is 17.9. The molecule has 0 spiro atoms. The summed E-state index contributed by atoms with van der Waals surface area (Å²) in [4.78, 5) is 15.7. The predicted molar refractivity (Wildman–Crippen MR) is 128 cm³/mol. The molecule has 0 saturated carbocycles. The number of aromatic amines is 1. The van der Waals surface area contributed by atoms with Crippen LogP contribution in [0.15, 0.2) is 76.4 Å². The summed E-state index contributed by atoms with van der Waals surface area (Å²) in [5.41, 5.74) is 4.69. The van der Waals surface area contributed by atoms with Gasteiger partial charge in [-0.05, 0) is 85.3 Å². The third kappa shape index (κ3) is 4.89. The van der Waals surface area contributed by atoms with E-state index in [1.807, 2.05) is 57.2 Å². The average Bonchev–Trinajstić information content (AvgIpc) is 2.77. The molecule has 0 fully saturated rings. The second kappa shape index (κ2) is 8.92. The van der Waals surface area contributed by atoms with Crippen LogP contribution in [0.5, 0.6) is 0 Å². The molecular weight excluding hydrogens is 439 g/mol. The largest absolute Gasteiger partial charge is 0.322 e. The van der Waals surface area contributed by atoms with Crippen molar-refractivity contribution in [3.8, 4) is 0 Å². The van der Waals surface area contributed by atoms with Gasteiger partial charge in [0.25, 0.3) is 5.56 Å². The van der Waals surface area contributed by atoms with Crippen LogP contribution in [-0.2, 0) is 23.1 Å². The van der Waals surface area contributed by atoms with E-state index >= 15 is 0 Å². The Morgan fingerprint density at radius 1 is 0.848 bits per heavy atom. The summed E-state index contributed by atoms with van der Waals surface area (Å²) in [5, 5.41) is 0.835. The Hall–Kier alpha value is -3.29. The first-order chi connectivity index (χ1) is 15.6. The zero-order valence-corrected chi connectivity index (χ0v) is 19.5. The van der Waals surface area contributed by atoms with Crippen LogP contribution in [0.2, 0.25) is 0 Å². The van der Waals surface area contributed by atoms with Crippen LogP contribution in [-0.4, -0.2) is 17.7 Å². The first-order valence-corrected chi connectivity index (χ1v) is 12.0. The van der Waals surface area contributed by atoms with Crippen LogP contribution in [0.25, 0.3) is 10.9 Å². The van der Waals surface area contributed by atoms with Crippen LogP contribution in [0.1, 0.15) is 27.8 Å². The first kappa shape index (κ1) is 22.9. The van der Waals surface area contributed by atoms with Gasteiger partial charge in [0.15, 0.2) is 0 Å². The molecule has 0 radical (unpaired) electrons. The summed E-state index contributed by atoms with van der Waals surface area (Å²) in [5.74, 6) is -0.518. The maximum atomic E-state index is 13.5. The van der Waals surface area contributed by atoms with Gasteiger partial charge in [-0.1, -0.05) is 29.8 Å². The van der Waals surface area contributed by atoms with Crippen molar-refractivity contribution in [3.05, 3.63) is 111 Å². The standard InChI is InChI=1S/C26H25FN2O3S/c1-17-4-6-20(7-5-17)15-29(33(31,32)24-10-8-23(27)9-11-24)16-22-14-21-12-18(2)19(3)13-25(21)28-26(22)30/h4-14H,15-16H2,1-3H3,(H,28,30). The Balaban J connectivity index is 1.78. The van der Waals surface area contributed by atoms with E-state index in [1.54, 1.807) is 6.07 Å². The van der Waals surface area contributed by atoms with E-state index in [2.05, 4.69) is 4.98 Å². The third-order valence-electron chi connectivity index (χ3n) is 5.81. The molecule has 1 aromatic heterocycles. The molecule has 33 heavy (non-hydrogen) atoms. The minimum Gasteiger partial charge on any atom is -0.322 e. The van der Waals surface area contributed by atoms with Gasteiger partial charge in [0.2, 0.25) is 10.0 Å². The van der Waals surface area contributed by atoms with E-state index in [0.717, 1.165) is 39.8 Å². The number of hydrogen-bond acceptors (Lipinski definition) is 3. The number of sulfonamides is 1. The van der Waals surface area contributed by atoms with Crippen molar-refractivity contribution in [2.24, 2.45) is 0 Å². The number of hydrogen-bond donors (Lipinski definition) is 1. The molecule has 0 atom stereocenters. The number of nitrogens with zero attached hydrogens (tertiary/aromatic N) is 1. The molecule has 0 bridgehead atoms. The minimum atomic E-state index is -4.00. The molecule has 0 aliphatic carbocycles. The number of pyridine rings is 1. The Morgan fingerprint density at radius 3 is 2.15 bits per heavy atom. The summed E-state index contributed by atoms with van der Waals surface area (Å²) in [7, 11) is -4.00. The zero-order chi connectivity index (χ0) is 23.8. The Kier molecular flexibility index (Phi) is 6.19. The number of rotatable bonds is 6. The average molecular weight is 465 g/mol. The van der Waals surface area contributed by atoms with E-state index in [-0.39, 0.29) is 23.5 Å². The van der Waals surface area contributed by atoms with Gasteiger partial charge < -0.3 is 4.98 Å². The van der Waals surface area contributed by atoms with Crippen molar-refractivity contribution in [2.45, 2.75) is 38.8 Å². The van der Waals surface area contributed by atoms with Gasteiger partial charge in [-0.15, -0.1) is 0 Å². The van der Waals surface area contributed by atoms with Crippen LogP contribution in [0, 0.1) is 26.6 Å². The number of fused-ring (bicyclic) bond motifs is 1. The number of H-pyrrole nitrogens is 1. The van der Waals surface area contributed by atoms with Crippen LogP contribution in [0.3, 0.4) is 0 Å². The number of aryl methyl sites for hydroxylation is 3. The Morgan fingerprint density at radius 2 is 1.48 bits per heavy atom. The fraction of sp³-hybridized carbons (Fsp3) is 0.192. The van der Waals surface area contributed by atoms with Crippen LogP contribution < -0.4 is 5.56 Å². The second-order valence-corrected chi connectivity index (χ2v) is 10.3. The van der Waals surface area contributed by atoms with Crippen molar-refractivity contribution < 1.29 is 12.8 Å².